The van der Waals surface area contributed by atoms with Crippen molar-refractivity contribution in [1.29, 1.82) is 0 Å². The van der Waals surface area contributed by atoms with Gasteiger partial charge in [-0.15, -0.1) is 0 Å². The molecule has 0 spiro atoms. The van der Waals surface area contributed by atoms with E-state index in [-0.39, 0.29) is 17.9 Å². The zero-order valence-corrected chi connectivity index (χ0v) is 25.0. The van der Waals surface area contributed by atoms with Crippen molar-refractivity contribution in [2.75, 3.05) is 6.54 Å². The zero-order chi connectivity index (χ0) is 30.6. The first-order valence-electron chi connectivity index (χ1n) is 15.1. The summed E-state index contributed by atoms with van der Waals surface area (Å²) in [6.07, 6.45) is 3.43. The molecule has 0 saturated carbocycles. The Morgan fingerprint density at radius 3 is 2.41 bits per heavy atom. The van der Waals surface area contributed by atoms with Gasteiger partial charge in [0.2, 0.25) is 5.91 Å². The standard InChI is InChI=1S/C35H35N5O4/c1-3-4-13-31-36-23(2)30(20-32(41)39-19-18-25-9-5-6-10-27(25)22-39)34(42)40(31)21-24-14-16-26(17-15-24)28-11-7-8-12-29(28)33-37-35(43)44-38-33/h5-12,14-17H,3-4,13,18-22H2,1-2H3,(H,37,38,43). The highest BCUT2D eigenvalue weighted by Crippen LogP contribution is 2.30. The maximum atomic E-state index is 14.0. The summed E-state index contributed by atoms with van der Waals surface area (Å²) in [6.45, 7) is 5.51. The van der Waals surface area contributed by atoms with Gasteiger partial charge in [0, 0.05) is 36.3 Å². The summed E-state index contributed by atoms with van der Waals surface area (Å²) in [7, 11) is 0. The molecule has 9 nitrogen and oxygen atoms in total. The average molecular weight is 590 g/mol. The van der Waals surface area contributed by atoms with E-state index in [0.717, 1.165) is 52.9 Å². The number of nitrogens with zero attached hydrogens (tertiary/aromatic N) is 4. The van der Waals surface area contributed by atoms with E-state index in [2.05, 4.69) is 29.2 Å². The molecule has 6 rings (SSSR count). The van der Waals surface area contributed by atoms with Crippen LogP contribution >= 0.6 is 0 Å². The lowest BCUT2D eigenvalue weighted by molar-refractivity contribution is -0.131. The van der Waals surface area contributed by atoms with Crippen LogP contribution in [0.15, 0.2) is 86.9 Å². The van der Waals surface area contributed by atoms with Gasteiger partial charge < -0.3 is 4.90 Å². The van der Waals surface area contributed by atoms with Gasteiger partial charge in [-0.05, 0) is 47.6 Å². The van der Waals surface area contributed by atoms with Gasteiger partial charge in [0.1, 0.15) is 5.82 Å². The number of nitrogens with one attached hydrogen (secondary N) is 1. The van der Waals surface area contributed by atoms with Gasteiger partial charge >= 0.3 is 5.76 Å². The number of benzene rings is 3. The third-order valence-corrected chi connectivity index (χ3v) is 8.34. The van der Waals surface area contributed by atoms with Gasteiger partial charge in [-0.1, -0.05) is 91.3 Å². The summed E-state index contributed by atoms with van der Waals surface area (Å²) in [5, 5.41) is 3.85. The maximum absolute atomic E-state index is 14.0. The second-order valence-electron chi connectivity index (χ2n) is 11.3. The van der Waals surface area contributed by atoms with Gasteiger partial charge in [-0.25, -0.2) is 9.78 Å². The van der Waals surface area contributed by atoms with E-state index in [1.807, 2.05) is 72.5 Å². The number of fused-ring (bicyclic) bond motifs is 1. The Labute approximate surface area is 255 Å². The molecule has 1 amide bonds. The molecular formula is C35H35N5O4. The fraction of sp³-hybridized carbons (Fsp3) is 0.286. The third-order valence-electron chi connectivity index (χ3n) is 8.34. The Morgan fingerprint density at radius 1 is 0.955 bits per heavy atom. The molecule has 3 heterocycles. The second kappa shape index (κ2) is 12.7. The number of carbonyl (C=O) groups is 1. The average Bonchev–Trinajstić information content (AvgIpc) is 3.49. The van der Waals surface area contributed by atoms with Crippen molar-refractivity contribution in [2.24, 2.45) is 0 Å². The van der Waals surface area contributed by atoms with Gasteiger partial charge in [0.25, 0.3) is 5.56 Å². The van der Waals surface area contributed by atoms with E-state index < -0.39 is 5.76 Å². The van der Waals surface area contributed by atoms with E-state index in [9.17, 15) is 14.4 Å². The molecule has 5 aromatic rings. The molecule has 0 unspecified atom stereocenters. The van der Waals surface area contributed by atoms with E-state index in [4.69, 9.17) is 9.51 Å². The summed E-state index contributed by atoms with van der Waals surface area (Å²) in [5.74, 6) is 0.444. The number of hydrogen-bond donors (Lipinski definition) is 1. The van der Waals surface area contributed by atoms with Crippen molar-refractivity contribution < 1.29 is 9.32 Å². The first kappa shape index (κ1) is 29.0. The number of aromatic nitrogens is 4. The van der Waals surface area contributed by atoms with Gasteiger partial charge in [-0.2, -0.15) is 0 Å². The fourth-order valence-electron chi connectivity index (χ4n) is 5.88. The summed E-state index contributed by atoms with van der Waals surface area (Å²) in [4.78, 5) is 48.3. The number of unbranched alkanes of at least 4 members (excludes halogenated alkanes) is 1. The third kappa shape index (κ3) is 6.04. The minimum atomic E-state index is -0.608. The predicted octanol–water partition coefficient (Wildman–Crippen LogP) is 5.08. The van der Waals surface area contributed by atoms with E-state index in [1.54, 1.807) is 4.57 Å². The van der Waals surface area contributed by atoms with Crippen LogP contribution in [0.3, 0.4) is 0 Å². The van der Waals surface area contributed by atoms with Crippen molar-refractivity contribution in [3.05, 3.63) is 127 Å². The normalized spacial score (nSPS) is 12.7. The first-order valence-corrected chi connectivity index (χ1v) is 15.1. The lowest BCUT2D eigenvalue weighted by Crippen LogP contribution is -2.39. The van der Waals surface area contributed by atoms with Crippen LogP contribution in [0.2, 0.25) is 0 Å². The number of rotatable bonds is 9. The molecule has 224 valence electrons. The molecule has 0 saturated heterocycles. The second-order valence-corrected chi connectivity index (χ2v) is 11.3. The van der Waals surface area contributed by atoms with Crippen LogP contribution in [0.25, 0.3) is 22.5 Å². The smallest absolute Gasteiger partial charge is 0.338 e. The Kier molecular flexibility index (Phi) is 8.36. The fourth-order valence-corrected chi connectivity index (χ4v) is 5.88. The summed E-state index contributed by atoms with van der Waals surface area (Å²) < 4.78 is 6.45. The van der Waals surface area contributed by atoms with Crippen LogP contribution < -0.4 is 11.3 Å². The number of hydrogen-bond acceptors (Lipinski definition) is 6. The number of aromatic amines is 1. The molecule has 3 aromatic carbocycles. The Bertz CT molecular complexity index is 1920. The molecular weight excluding hydrogens is 554 g/mol. The van der Waals surface area contributed by atoms with E-state index in [0.29, 0.717) is 43.1 Å². The molecule has 1 N–H and O–H groups in total. The highest BCUT2D eigenvalue weighted by Gasteiger charge is 2.24. The van der Waals surface area contributed by atoms with Crippen LogP contribution in [0.4, 0.5) is 0 Å². The highest BCUT2D eigenvalue weighted by atomic mass is 16.5. The van der Waals surface area contributed by atoms with Crippen LogP contribution in [-0.4, -0.2) is 37.0 Å². The monoisotopic (exact) mass is 589 g/mol. The van der Waals surface area contributed by atoms with Crippen molar-refractivity contribution in [3.8, 4) is 22.5 Å². The van der Waals surface area contributed by atoms with E-state index >= 15 is 0 Å². The molecule has 2 aromatic heterocycles. The minimum Gasteiger partial charge on any atom is -0.338 e. The summed E-state index contributed by atoms with van der Waals surface area (Å²) in [6, 6.07) is 23.8. The molecule has 44 heavy (non-hydrogen) atoms. The molecule has 0 radical (unpaired) electrons. The maximum Gasteiger partial charge on any atom is 0.439 e. The molecule has 9 heteroatoms. The number of amides is 1. The molecule has 0 fully saturated rings. The van der Waals surface area contributed by atoms with Gasteiger partial charge in [0.05, 0.1) is 13.0 Å². The molecule has 0 atom stereocenters. The lowest BCUT2D eigenvalue weighted by Gasteiger charge is -2.29. The quantitative estimate of drug-likeness (QED) is 0.257. The van der Waals surface area contributed by atoms with Crippen LogP contribution in [0, 0.1) is 6.92 Å². The number of H-pyrrole nitrogens is 1. The van der Waals surface area contributed by atoms with Crippen molar-refractivity contribution in [1.82, 2.24) is 24.6 Å². The summed E-state index contributed by atoms with van der Waals surface area (Å²) >= 11 is 0. The van der Waals surface area contributed by atoms with Crippen molar-refractivity contribution >= 4 is 5.91 Å². The molecule has 1 aliphatic heterocycles. The topological polar surface area (TPSA) is 114 Å². The highest BCUT2D eigenvalue weighted by molar-refractivity contribution is 5.80. The number of carbonyl (C=O) groups excluding carboxylic acids is 1. The lowest BCUT2D eigenvalue weighted by atomic mass is 9.98. The summed E-state index contributed by atoms with van der Waals surface area (Å²) in [5.41, 5.74) is 6.89. The van der Waals surface area contributed by atoms with Crippen LogP contribution in [-0.2, 0) is 37.1 Å². The zero-order valence-electron chi connectivity index (χ0n) is 25.0. The van der Waals surface area contributed by atoms with Gasteiger partial charge in [-0.3, -0.25) is 23.7 Å². The Morgan fingerprint density at radius 2 is 1.68 bits per heavy atom. The first-order chi connectivity index (χ1) is 21.4. The SMILES string of the molecule is CCCCc1nc(C)c(CC(=O)N2CCc3ccccc3C2)c(=O)n1Cc1ccc(-c2ccccc2-c2noc(=O)[nH]2)cc1. The van der Waals surface area contributed by atoms with Crippen LogP contribution in [0.1, 0.15) is 53.5 Å². The van der Waals surface area contributed by atoms with Gasteiger partial charge in [0.15, 0.2) is 5.82 Å². The molecule has 1 aliphatic rings. The number of aryl methyl sites for hydroxylation is 2. The molecule has 0 bridgehead atoms. The minimum absolute atomic E-state index is 0.0355. The Balaban J connectivity index is 1.27. The Hall–Kier alpha value is -5.05. The molecule has 0 aliphatic carbocycles. The van der Waals surface area contributed by atoms with Crippen LogP contribution in [0.5, 0.6) is 0 Å². The van der Waals surface area contributed by atoms with Crippen molar-refractivity contribution in [2.45, 2.75) is 59.0 Å². The van der Waals surface area contributed by atoms with Crippen molar-refractivity contribution in [3.63, 3.8) is 0 Å². The van der Waals surface area contributed by atoms with E-state index in [1.165, 1.54) is 5.56 Å². The largest absolute Gasteiger partial charge is 0.439 e. The predicted molar refractivity (Wildman–Crippen MR) is 168 cm³/mol.